The molecule has 0 atom stereocenters. The van der Waals surface area contributed by atoms with E-state index in [4.69, 9.17) is 0 Å². The van der Waals surface area contributed by atoms with E-state index in [1.807, 2.05) is 13.8 Å². The molecule has 0 bridgehead atoms. The molecule has 2 nitrogen and oxygen atoms in total. The third-order valence-corrected chi connectivity index (χ3v) is 2.94. The van der Waals surface area contributed by atoms with Crippen LogP contribution in [0.3, 0.4) is 0 Å². The van der Waals surface area contributed by atoms with Crippen LogP contribution in [0.4, 0.5) is 0 Å². The Labute approximate surface area is 110 Å². The second-order valence-corrected chi connectivity index (χ2v) is 5.79. The van der Waals surface area contributed by atoms with Crippen molar-refractivity contribution in [3.05, 3.63) is 0 Å². The van der Waals surface area contributed by atoms with E-state index in [9.17, 15) is 0 Å². The molecule has 1 aliphatic heterocycles. The molecule has 1 aliphatic rings. The number of nitrogens with zero attached hydrogens (tertiary/aromatic N) is 1. The van der Waals surface area contributed by atoms with Gasteiger partial charge in [0.15, 0.2) is 0 Å². The highest BCUT2D eigenvalue weighted by Crippen LogP contribution is 2.16. The fraction of sp³-hybridized carbons (Fsp3) is 1.00. The Hall–Kier alpha value is -0.0800. The molecule has 1 fully saturated rings. The Morgan fingerprint density at radius 1 is 1.06 bits per heavy atom. The Morgan fingerprint density at radius 3 is 1.59 bits per heavy atom. The van der Waals surface area contributed by atoms with Crippen molar-refractivity contribution in [2.24, 2.45) is 5.41 Å². The van der Waals surface area contributed by atoms with E-state index in [2.05, 4.69) is 51.8 Å². The molecule has 0 amide bonds. The monoisotopic (exact) mass is 244 g/mol. The van der Waals surface area contributed by atoms with Crippen molar-refractivity contribution in [3.63, 3.8) is 0 Å². The molecule has 2 heteroatoms. The van der Waals surface area contributed by atoms with Crippen molar-refractivity contribution in [2.45, 2.75) is 67.9 Å². The van der Waals surface area contributed by atoms with Crippen LogP contribution < -0.4 is 5.32 Å². The summed E-state index contributed by atoms with van der Waals surface area (Å²) < 4.78 is 0. The van der Waals surface area contributed by atoms with Gasteiger partial charge in [0.25, 0.3) is 0 Å². The minimum atomic E-state index is 0.542. The largest absolute Gasteiger partial charge is 0.314 e. The predicted octanol–water partition coefficient (Wildman–Crippen LogP) is 3.77. The first-order valence-corrected chi connectivity index (χ1v) is 7.31. The Bertz CT molecular complexity index is 141. The molecule has 17 heavy (non-hydrogen) atoms. The summed E-state index contributed by atoms with van der Waals surface area (Å²) in [6.45, 7) is 22.2. The van der Waals surface area contributed by atoms with Crippen LogP contribution in [-0.4, -0.2) is 37.1 Å². The smallest absolute Gasteiger partial charge is 0.0110 e. The summed E-state index contributed by atoms with van der Waals surface area (Å²) >= 11 is 0. The normalized spacial score (nSPS) is 16.8. The molecule has 106 valence electrons. The van der Waals surface area contributed by atoms with Crippen LogP contribution in [-0.2, 0) is 0 Å². The molecule has 0 aromatic rings. The first-order chi connectivity index (χ1) is 7.87. The van der Waals surface area contributed by atoms with E-state index in [0.29, 0.717) is 5.41 Å². The lowest BCUT2D eigenvalue weighted by Crippen LogP contribution is -2.46. The van der Waals surface area contributed by atoms with Gasteiger partial charge >= 0.3 is 0 Å². The van der Waals surface area contributed by atoms with Gasteiger partial charge in [-0.1, -0.05) is 48.0 Å². The second-order valence-electron chi connectivity index (χ2n) is 5.79. The van der Waals surface area contributed by atoms with Gasteiger partial charge in [0.1, 0.15) is 0 Å². The van der Waals surface area contributed by atoms with Crippen LogP contribution in [0.5, 0.6) is 0 Å². The first kappa shape index (κ1) is 19.3. The van der Waals surface area contributed by atoms with E-state index in [1.165, 1.54) is 19.5 Å². The Balaban J connectivity index is 0. The minimum Gasteiger partial charge on any atom is -0.314 e. The van der Waals surface area contributed by atoms with Crippen LogP contribution in [0.15, 0.2) is 0 Å². The maximum atomic E-state index is 3.33. The molecule has 0 saturated carbocycles. The number of piperazine rings is 1. The van der Waals surface area contributed by atoms with Gasteiger partial charge < -0.3 is 5.32 Å². The number of hydrogen-bond donors (Lipinski definition) is 1. The zero-order chi connectivity index (χ0) is 13.9. The molecular weight excluding hydrogens is 208 g/mol. The summed E-state index contributed by atoms with van der Waals surface area (Å²) in [5.41, 5.74) is 0.542. The van der Waals surface area contributed by atoms with Gasteiger partial charge in [-0.2, -0.15) is 0 Å². The van der Waals surface area contributed by atoms with Crippen LogP contribution in [0.2, 0.25) is 0 Å². The molecule has 1 N–H and O–H groups in total. The zero-order valence-corrected chi connectivity index (χ0v) is 13.6. The van der Waals surface area contributed by atoms with E-state index < -0.39 is 0 Å². The number of nitrogens with one attached hydrogen (secondary N) is 1. The summed E-state index contributed by atoms with van der Waals surface area (Å²) in [6, 6.07) is 0.729. The topological polar surface area (TPSA) is 15.3 Å². The van der Waals surface area contributed by atoms with Crippen molar-refractivity contribution in [2.75, 3.05) is 26.2 Å². The van der Waals surface area contributed by atoms with Gasteiger partial charge in [0, 0.05) is 32.2 Å². The molecule has 1 saturated heterocycles. The quantitative estimate of drug-likeness (QED) is 0.755. The Morgan fingerprint density at radius 2 is 1.41 bits per heavy atom. The molecule has 0 aliphatic carbocycles. The summed E-state index contributed by atoms with van der Waals surface area (Å²) in [5.74, 6) is 0. The molecule has 0 unspecified atom stereocenters. The van der Waals surface area contributed by atoms with Gasteiger partial charge in [-0.15, -0.1) is 0 Å². The highest BCUT2D eigenvalue weighted by molar-refractivity contribution is 4.69. The van der Waals surface area contributed by atoms with Gasteiger partial charge in [-0.25, -0.2) is 0 Å². The summed E-state index contributed by atoms with van der Waals surface area (Å²) in [5, 5.41) is 3.33. The first-order valence-electron chi connectivity index (χ1n) is 7.31. The molecule has 0 aromatic carbocycles. The highest BCUT2D eigenvalue weighted by atomic mass is 15.2. The maximum Gasteiger partial charge on any atom is 0.0110 e. The third kappa shape index (κ3) is 13.9. The average molecular weight is 244 g/mol. The summed E-state index contributed by atoms with van der Waals surface area (Å²) in [4.78, 5) is 2.50. The second kappa shape index (κ2) is 11.0. The zero-order valence-electron chi connectivity index (χ0n) is 13.6. The standard InChI is InChI=1S/C7H16N2.C6H14.C2H6/c1-7(2)9-5-3-8-4-6-9;1-5-6(2,3)4;1-2/h7-8H,3-6H2,1-2H3;5H2,1-4H3;1-2H3. The summed E-state index contributed by atoms with van der Waals surface area (Å²) in [7, 11) is 0. The van der Waals surface area contributed by atoms with Gasteiger partial charge in [0.05, 0.1) is 0 Å². The van der Waals surface area contributed by atoms with Gasteiger partial charge in [-0.05, 0) is 19.3 Å². The predicted molar refractivity (Wildman–Crippen MR) is 80.7 cm³/mol. The lowest BCUT2D eigenvalue weighted by molar-refractivity contribution is 0.196. The SMILES string of the molecule is CC.CC(C)N1CCNCC1.CCC(C)(C)C. The maximum absolute atomic E-state index is 3.33. The van der Waals surface area contributed by atoms with Gasteiger partial charge in [0.2, 0.25) is 0 Å². The summed E-state index contributed by atoms with van der Waals surface area (Å²) in [6.07, 6.45) is 1.27. The van der Waals surface area contributed by atoms with Crippen molar-refractivity contribution in [1.29, 1.82) is 0 Å². The van der Waals surface area contributed by atoms with Crippen molar-refractivity contribution >= 4 is 0 Å². The third-order valence-electron chi connectivity index (χ3n) is 2.94. The number of rotatable bonds is 1. The number of hydrogen-bond acceptors (Lipinski definition) is 2. The molecular formula is C15H36N2. The van der Waals surface area contributed by atoms with Crippen LogP contribution >= 0.6 is 0 Å². The molecule has 0 spiro atoms. The highest BCUT2D eigenvalue weighted by Gasteiger charge is 2.11. The molecule has 0 aromatic heterocycles. The van der Waals surface area contributed by atoms with Crippen LogP contribution in [0, 0.1) is 5.41 Å². The Kier molecular flexibility index (Phi) is 12.5. The van der Waals surface area contributed by atoms with E-state index in [1.54, 1.807) is 0 Å². The molecule has 1 rings (SSSR count). The fourth-order valence-electron chi connectivity index (χ4n) is 1.20. The fourth-order valence-corrected chi connectivity index (χ4v) is 1.20. The van der Waals surface area contributed by atoms with E-state index >= 15 is 0 Å². The average Bonchev–Trinajstić information content (AvgIpc) is 2.33. The lowest BCUT2D eigenvalue weighted by Gasteiger charge is -2.30. The van der Waals surface area contributed by atoms with E-state index in [-0.39, 0.29) is 0 Å². The lowest BCUT2D eigenvalue weighted by atomic mass is 9.94. The van der Waals surface area contributed by atoms with Crippen molar-refractivity contribution in [1.82, 2.24) is 10.2 Å². The molecule has 1 heterocycles. The van der Waals surface area contributed by atoms with Crippen LogP contribution in [0.1, 0.15) is 61.8 Å². The van der Waals surface area contributed by atoms with Crippen molar-refractivity contribution in [3.8, 4) is 0 Å². The molecule has 0 radical (unpaired) electrons. The van der Waals surface area contributed by atoms with Gasteiger partial charge in [-0.3, -0.25) is 4.90 Å². The van der Waals surface area contributed by atoms with Crippen LogP contribution in [0.25, 0.3) is 0 Å². The minimum absolute atomic E-state index is 0.542. The van der Waals surface area contributed by atoms with Crippen molar-refractivity contribution < 1.29 is 0 Å². The van der Waals surface area contributed by atoms with E-state index in [0.717, 1.165) is 19.1 Å².